The zero-order chi connectivity index (χ0) is 16.4. The van der Waals surface area contributed by atoms with Crippen LogP contribution in [0.5, 0.6) is 0 Å². The number of hydrogen-bond acceptors (Lipinski definition) is 5. The van der Waals surface area contributed by atoms with Crippen molar-refractivity contribution < 1.29 is 4.79 Å². The zero-order valence-electron chi connectivity index (χ0n) is 12.7. The van der Waals surface area contributed by atoms with Crippen molar-refractivity contribution in [1.82, 2.24) is 9.97 Å². The summed E-state index contributed by atoms with van der Waals surface area (Å²) in [4.78, 5) is 19.7. The number of nitrogens with two attached hydrogens (primary N) is 1. The summed E-state index contributed by atoms with van der Waals surface area (Å²) in [6.07, 6.45) is 1.99. The van der Waals surface area contributed by atoms with E-state index in [1.165, 1.54) is 0 Å². The molecule has 120 valence electrons. The minimum atomic E-state index is 0.00792. The van der Waals surface area contributed by atoms with Crippen LogP contribution in [0.25, 0.3) is 0 Å². The maximum Gasteiger partial charge on any atom is 0.227 e. The van der Waals surface area contributed by atoms with Gasteiger partial charge in [0, 0.05) is 23.7 Å². The summed E-state index contributed by atoms with van der Waals surface area (Å²) in [5.41, 5.74) is 7.45. The van der Waals surface area contributed by atoms with E-state index < -0.39 is 0 Å². The Morgan fingerprint density at radius 3 is 2.61 bits per heavy atom. The highest BCUT2D eigenvalue weighted by Crippen LogP contribution is 2.30. The number of nitrogen functional groups attached to an aromatic ring is 1. The molecule has 4 N–H and O–H groups in total. The topological polar surface area (TPSA) is 92.9 Å². The minimum absolute atomic E-state index is 0.00792. The molecule has 6 nitrogen and oxygen atoms in total. The molecule has 0 radical (unpaired) electrons. The quantitative estimate of drug-likeness (QED) is 0.731. The van der Waals surface area contributed by atoms with Gasteiger partial charge in [0.05, 0.1) is 0 Å². The molecule has 1 saturated carbocycles. The number of nitrogens with zero attached hydrogens (tertiary/aromatic N) is 2. The molecule has 0 bridgehead atoms. The molecule has 1 heterocycles. The number of hydrogen-bond donors (Lipinski definition) is 3. The van der Waals surface area contributed by atoms with Crippen LogP contribution < -0.4 is 16.4 Å². The molecule has 1 atom stereocenters. The van der Waals surface area contributed by atoms with E-state index in [1.54, 1.807) is 6.07 Å². The predicted molar refractivity (Wildman–Crippen MR) is 91.3 cm³/mol. The highest BCUT2D eigenvalue weighted by atomic mass is 35.5. The number of benzene rings is 1. The molecule has 1 aliphatic carbocycles. The fraction of sp³-hybridized carbons (Fsp3) is 0.312. The third kappa shape index (κ3) is 4.10. The van der Waals surface area contributed by atoms with Crippen molar-refractivity contribution >= 4 is 35.0 Å². The van der Waals surface area contributed by atoms with E-state index in [1.807, 2.05) is 31.2 Å². The number of anilines is 3. The predicted octanol–water partition coefficient (Wildman–Crippen LogP) is 3.23. The first-order chi connectivity index (χ1) is 11.0. The van der Waals surface area contributed by atoms with Crippen LogP contribution in [0.1, 0.15) is 31.4 Å². The Hall–Kier alpha value is -2.34. The second-order valence-electron chi connectivity index (χ2n) is 5.69. The largest absolute Gasteiger partial charge is 0.368 e. The third-order valence-corrected chi connectivity index (χ3v) is 3.90. The van der Waals surface area contributed by atoms with Gasteiger partial charge in [-0.15, -0.1) is 0 Å². The average molecular weight is 332 g/mol. The van der Waals surface area contributed by atoms with Gasteiger partial charge in [-0.2, -0.15) is 4.98 Å². The molecule has 23 heavy (non-hydrogen) atoms. The van der Waals surface area contributed by atoms with Crippen LogP contribution in [0.3, 0.4) is 0 Å². The van der Waals surface area contributed by atoms with Gasteiger partial charge in [-0.05, 0) is 37.5 Å². The summed E-state index contributed by atoms with van der Waals surface area (Å²) in [7, 11) is 0. The molecular formula is C16H18ClN5O. The number of carbonyl (C=O) groups excluding carboxylic acids is 1. The molecular weight excluding hydrogens is 314 g/mol. The Bertz CT molecular complexity index is 695. The standard InChI is InChI=1S/C16H18ClN5O/c1-9(19-14-8-13(17)21-16(18)22-14)10-4-6-12(7-5-10)20-15(23)11-2-3-11/h4-9,11H,2-3H2,1H3,(H,20,23)(H3,18,19,21,22). The molecule has 1 amide bonds. The number of nitrogens with one attached hydrogen (secondary N) is 2. The number of rotatable bonds is 5. The minimum Gasteiger partial charge on any atom is -0.368 e. The molecule has 1 aliphatic rings. The Kier molecular flexibility index (Phi) is 4.34. The van der Waals surface area contributed by atoms with Gasteiger partial charge in [-0.1, -0.05) is 23.7 Å². The third-order valence-electron chi connectivity index (χ3n) is 3.70. The molecule has 1 unspecified atom stereocenters. The Balaban J connectivity index is 1.64. The lowest BCUT2D eigenvalue weighted by molar-refractivity contribution is -0.117. The smallest absolute Gasteiger partial charge is 0.227 e. The van der Waals surface area contributed by atoms with Crippen LogP contribution in [0.2, 0.25) is 5.15 Å². The van der Waals surface area contributed by atoms with Gasteiger partial charge in [0.15, 0.2) is 0 Å². The van der Waals surface area contributed by atoms with Gasteiger partial charge < -0.3 is 16.4 Å². The first kappa shape index (κ1) is 15.6. The van der Waals surface area contributed by atoms with Crippen molar-refractivity contribution in [2.24, 2.45) is 5.92 Å². The molecule has 3 rings (SSSR count). The normalized spacial score (nSPS) is 15.0. The van der Waals surface area contributed by atoms with Crippen LogP contribution in [0.4, 0.5) is 17.5 Å². The molecule has 0 saturated heterocycles. The van der Waals surface area contributed by atoms with Gasteiger partial charge in [0.1, 0.15) is 11.0 Å². The first-order valence-electron chi connectivity index (χ1n) is 7.48. The second kappa shape index (κ2) is 6.42. The van der Waals surface area contributed by atoms with Crippen molar-refractivity contribution in [2.45, 2.75) is 25.8 Å². The van der Waals surface area contributed by atoms with E-state index in [0.29, 0.717) is 11.0 Å². The fourth-order valence-corrected chi connectivity index (χ4v) is 2.45. The van der Waals surface area contributed by atoms with E-state index in [0.717, 1.165) is 24.1 Å². The first-order valence-corrected chi connectivity index (χ1v) is 7.86. The summed E-state index contributed by atoms with van der Waals surface area (Å²) < 4.78 is 0. The summed E-state index contributed by atoms with van der Waals surface area (Å²) in [5, 5.41) is 6.44. The summed E-state index contributed by atoms with van der Waals surface area (Å²) in [6, 6.07) is 9.36. The van der Waals surface area contributed by atoms with Gasteiger partial charge in [-0.25, -0.2) is 4.98 Å². The zero-order valence-corrected chi connectivity index (χ0v) is 13.5. The van der Waals surface area contributed by atoms with E-state index in [2.05, 4.69) is 20.6 Å². The Morgan fingerprint density at radius 2 is 2.00 bits per heavy atom. The average Bonchev–Trinajstić information content (AvgIpc) is 3.31. The van der Waals surface area contributed by atoms with Crippen molar-refractivity contribution in [1.29, 1.82) is 0 Å². The van der Waals surface area contributed by atoms with E-state index in [9.17, 15) is 4.79 Å². The number of halogens is 1. The van der Waals surface area contributed by atoms with E-state index in [4.69, 9.17) is 17.3 Å². The van der Waals surface area contributed by atoms with Crippen molar-refractivity contribution in [3.05, 3.63) is 41.0 Å². The maximum atomic E-state index is 11.7. The van der Waals surface area contributed by atoms with Crippen LogP contribution in [0.15, 0.2) is 30.3 Å². The fourth-order valence-electron chi connectivity index (χ4n) is 2.26. The Labute approximate surface area is 139 Å². The lowest BCUT2D eigenvalue weighted by atomic mass is 10.1. The van der Waals surface area contributed by atoms with Crippen LogP contribution in [-0.4, -0.2) is 15.9 Å². The molecule has 0 aliphatic heterocycles. The van der Waals surface area contributed by atoms with Crippen LogP contribution >= 0.6 is 11.6 Å². The summed E-state index contributed by atoms with van der Waals surface area (Å²) in [5.74, 6) is 1.00. The molecule has 7 heteroatoms. The number of aromatic nitrogens is 2. The van der Waals surface area contributed by atoms with Gasteiger partial charge in [0.2, 0.25) is 11.9 Å². The lowest BCUT2D eigenvalue weighted by Gasteiger charge is -2.16. The van der Waals surface area contributed by atoms with Crippen molar-refractivity contribution in [3.8, 4) is 0 Å². The molecule has 1 aromatic heterocycles. The van der Waals surface area contributed by atoms with Crippen LogP contribution in [-0.2, 0) is 4.79 Å². The van der Waals surface area contributed by atoms with Gasteiger partial charge >= 0.3 is 0 Å². The second-order valence-corrected chi connectivity index (χ2v) is 6.07. The molecule has 2 aromatic rings. The van der Waals surface area contributed by atoms with Crippen molar-refractivity contribution in [2.75, 3.05) is 16.4 Å². The lowest BCUT2D eigenvalue weighted by Crippen LogP contribution is -2.13. The SMILES string of the molecule is CC(Nc1cc(Cl)nc(N)n1)c1ccc(NC(=O)C2CC2)cc1. The monoisotopic (exact) mass is 331 g/mol. The van der Waals surface area contributed by atoms with Crippen molar-refractivity contribution in [3.63, 3.8) is 0 Å². The molecule has 1 aromatic carbocycles. The van der Waals surface area contributed by atoms with Crippen LogP contribution in [0, 0.1) is 5.92 Å². The number of carbonyl (C=O) groups is 1. The van der Waals surface area contributed by atoms with E-state index >= 15 is 0 Å². The number of amides is 1. The molecule has 0 spiro atoms. The summed E-state index contributed by atoms with van der Waals surface area (Å²) in [6.45, 7) is 2.00. The highest BCUT2D eigenvalue weighted by Gasteiger charge is 2.29. The van der Waals surface area contributed by atoms with Gasteiger partial charge in [-0.3, -0.25) is 4.79 Å². The molecule has 1 fully saturated rings. The maximum absolute atomic E-state index is 11.7. The van der Waals surface area contributed by atoms with Gasteiger partial charge in [0.25, 0.3) is 0 Å². The highest BCUT2D eigenvalue weighted by molar-refractivity contribution is 6.29. The summed E-state index contributed by atoms with van der Waals surface area (Å²) >= 11 is 5.87. The Morgan fingerprint density at radius 1 is 1.30 bits per heavy atom. The van der Waals surface area contributed by atoms with E-state index in [-0.39, 0.29) is 23.8 Å².